The SMILES string of the molecule is COc1ccc2nc(C(Cc3cccc(C(=N)N)c3)NS(=O)(=O)c3cccc(NC(=O)CCNC(=O)OC(C)(C)C)c3)sc2c1. The number of aromatic nitrogens is 1. The van der Waals surface area contributed by atoms with Crippen LogP contribution in [-0.4, -0.2) is 50.5 Å². The van der Waals surface area contributed by atoms with E-state index in [-0.39, 0.29) is 35.8 Å². The number of ether oxygens (including phenoxy) is 2. The molecule has 3 aromatic carbocycles. The third kappa shape index (κ3) is 9.48. The predicted molar refractivity (Wildman–Crippen MR) is 174 cm³/mol. The van der Waals surface area contributed by atoms with Gasteiger partial charge >= 0.3 is 6.09 Å². The number of anilines is 1. The minimum atomic E-state index is -4.11. The monoisotopic (exact) mass is 652 g/mol. The summed E-state index contributed by atoms with van der Waals surface area (Å²) in [7, 11) is -2.54. The quantitative estimate of drug-likeness (QED) is 0.108. The van der Waals surface area contributed by atoms with Crippen LogP contribution in [0.4, 0.5) is 10.5 Å². The van der Waals surface area contributed by atoms with Gasteiger partial charge in [0.25, 0.3) is 0 Å². The Bertz CT molecular complexity index is 1820. The van der Waals surface area contributed by atoms with Crippen LogP contribution in [0.2, 0.25) is 0 Å². The average Bonchev–Trinajstić information content (AvgIpc) is 3.39. The summed E-state index contributed by atoms with van der Waals surface area (Å²) < 4.78 is 41.5. The van der Waals surface area contributed by atoms with Gasteiger partial charge in [0.2, 0.25) is 15.9 Å². The predicted octanol–water partition coefficient (Wildman–Crippen LogP) is 4.70. The van der Waals surface area contributed by atoms with Gasteiger partial charge in [0.15, 0.2) is 0 Å². The Hall–Kier alpha value is -4.53. The van der Waals surface area contributed by atoms with Crippen molar-refractivity contribution < 1.29 is 27.5 Å². The summed E-state index contributed by atoms with van der Waals surface area (Å²) in [5, 5.41) is 13.5. The second-order valence-corrected chi connectivity index (χ2v) is 13.9. The van der Waals surface area contributed by atoms with Crippen molar-refractivity contribution in [3.8, 4) is 5.75 Å². The van der Waals surface area contributed by atoms with E-state index in [1.54, 1.807) is 58.2 Å². The fraction of sp³-hybridized carbons (Fsp3) is 0.290. The molecule has 45 heavy (non-hydrogen) atoms. The number of amides is 2. The van der Waals surface area contributed by atoms with Gasteiger partial charge in [-0.05, 0) is 75.2 Å². The number of hydrogen-bond acceptors (Lipinski definition) is 9. The fourth-order valence-electron chi connectivity index (χ4n) is 4.29. The van der Waals surface area contributed by atoms with Gasteiger partial charge in [0, 0.05) is 24.2 Å². The average molecular weight is 653 g/mol. The maximum absolute atomic E-state index is 13.7. The van der Waals surface area contributed by atoms with Crippen LogP contribution < -0.4 is 25.8 Å². The molecular formula is C31H36N6O6S2. The molecule has 0 bridgehead atoms. The summed E-state index contributed by atoms with van der Waals surface area (Å²) >= 11 is 1.34. The fourth-order valence-corrected chi connectivity index (χ4v) is 6.66. The topological polar surface area (TPSA) is 186 Å². The van der Waals surface area contributed by atoms with Gasteiger partial charge < -0.3 is 25.8 Å². The van der Waals surface area contributed by atoms with Crippen molar-refractivity contribution in [2.75, 3.05) is 19.0 Å². The Morgan fingerprint density at radius 1 is 1.07 bits per heavy atom. The maximum Gasteiger partial charge on any atom is 0.407 e. The second-order valence-electron chi connectivity index (χ2n) is 11.1. The van der Waals surface area contributed by atoms with Crippen molar-refractivity contribution in [3.63, 3.8) is 0 Å². The molecule has 238 valence electrons. The molecule has 1 atom stereocenters. The van der Waals surface area contributed by atoms with Crippen molar-refractivity contribution in [1.29, 1.82) is 5.41 Å². The number of amidine groups is 1. The van der Waals surface area contributed by atoms with E-state index in [0.717, 1.165) is 10.3 Å². The Kier molecular flexibility index (Phi) is 10.4. The minimum Gasteiger partial charge on any atom is -0.497 e. The lowest BCUT2D eigenvalue weighted by Gasteiger charge is -2.19. The molecule has 0 aliphatic rings. The number of nitrogen functional groups attached to an aromatic ring is 1. The molecule has 0 saturated heterocycles. The highest BCUT2D eigenvalue weighted by Gasteiger charge is 2.25. The van der Waals surface area contributed by atoms with Gasteiger partial charge in [0.1, 0.15) is 22.2 Å². The van der Waals surface area contributed by atoms with Gasteiger partial charge in [-0.3, -0.25) is 10.2 Å². The molecule has 1 unspecified atom stereocenters. The van der Waals surface area contributed by atoms with Gasteiger partial charge in [-0.1, -0.05) is 24.3 Å². The van der Waals surface area contributed by atoms with Crippen molar-refractivity contribution in [2.24, 2.45) is 5.73 Å². The summed E-state index contributed by atoms with van der Waals surface area (Å²) in [5.74, 6) is 0.144. The number of thiazole rings is 1. The molecule has 0 aliphatic carbocycles. The van der Waals surface area contributed by atoms with Crippen LogP contribution in [0.25, 0.3) is 10.2 Å². The van der Waals surface area contributed by atoms with Gasteiger partial charge in [-0.2, -0.15) is 0 Å². The van der Waals surface area contributed by atoms with E-state index in [1.165, 1.54) is 29.5 Å². The van der Waals surface area contributed by atoms with Gasteiger partial charge in [-0.15, -0.1) is 11.3 Å². The molecular weight excluding hydrogens is 617 g/mol. The zero-order valence-corrected chi connectivity index (χ0v) is 27.0. The largest absolute Gasteiger partial charge is 0.497 e. The molecule has 1 aromatic heterocycles. The molecule has 0 saturated carbocycles. The Morgan fingerprint density at radius 2 is 1.82 bits per heavy atom. The van der Waals surface area contributed by atoms with Crippen LogP contribution in [0.15, 0.2) is 71.6 Å². The van der Waals surface area contributed by atoms with Crippen LogP contribution in [0.5, 0.6) is 5.75 Å². The Morgan fingerprint density at radius 3 is 2.53 bits per heavy atom. The molecule has 2 amide bonds. The van der Waals surface area contributed by atoms with E-state index in [4.69, 9.17) is 25.6 Å². The standard InChI is InChI=1S/C31H36N6O6S2/c1-31(2,3)43-30(39)34-14-13-27(38)35-21-9-6-10-23(17-21)45(40,41)37-25(16-19-7-5-8-20(15-19)28(32)33)29-36-24-12-11-22(42-4)18-26(24)44-29/h5-12,15,17-18,25,37H,13-14,16H2,1-4H3,(H3,32,33)(H,34,39)(H,35,38). The number of carbonyl (C=O) groups excluding carboxylic acids is 2. The van der Waals surface area contributed by atoms with E-state index in [1.807, 2.05) is 18.2 Å². The van der Waals surface area contributed by atoms with E-state index >= 15 is 0 Å². The van der Waals surface area contributed by atoms with Crippen LogP contribution in [0, 0.1) is 5.41 Å². The Labute approximate surface area is 265 Å². The third-order valence-electron chi connectivity index (χ3n) is 6.33. The molecule has 0 fully saturated rings. The smallest absolute Gasteiger partial charge is 0.407 e. The summed E-state index contributed by atoms with van der Waals surface area (Å²) in [6.07, 6.45) is -0.444. The Balaban J connectivity index is 1.53. The minimum absolute atomic E-state index is 0.0425. The second kappa shape index (κ2) is 14.1. The summed E-state index contributed by atoms with van der Waals surface area (Å²) in [5.41, 5.74) is 7.28. The molecule has 6 N–H and O–H groups in total. The van der Waals surface area contributed by atoms with Crippen molar-refractivity contribution in [3.05, 3.63) is 82.9 Å². The molecule has 0 radical (unpaired) electrons. The number of hydrogen-bond donors (Lipinski definition) is 5. The van der Waals surface area contributed by atoms with Crippen LogP contribution >= 0.6 is 11.3 Å². The first-order valence-corrected chi connectivity index (χ1v) is 16.3. The molecule has 14 heteroatoms. The first-order valence-electron chi connectivity index (χ1n) is 14.0. The van der Waals surface area contributed by atoms with Gasteiger partial charge in [-0.25, -0.2) is 22.9 Å². The molecule has 12 nitrogen and oxygen atoms in total. The number of nitrogens with two attached hydrogens (primary N) is 1. The van der Waals surface area contributed by atoms with E-state index in [9.17, 15) is 18.0 Å². The number of benzene rings is 3. The summed E-state index contributed by atoms with van der Waals surface area (Å²) in [4.78, 5) is 29.0. The molecule has 4 rings (SSSR count). The van der Waals surface area contributed by atoms with Crippen LogP contribution in [-0.2, 0) is 26.0 Å². The highest BCUT2D eigenvalue weighted by Crippen LogP contribution is 2.32. The van der Waals surface area contributed by atoms with Crippen LogP contribution in [0.1, 0.15) is 49.4 Å². The summed E-state index contributed by atoms with van der Waals surface area (Å²) in [6.45, 7) is 5.25. The number of rotatable bonds is 12. The summed E-state index contributed by atoms with van der Waals surface area (Å²) in [6, 6.07) is 17.6. The number of carbonyl (C=O) groups is 2. The normalized spacial score (nSPS) is 12.4. The third-order valence-corrected chi connectivity index (χ3v) is 8.94. The molecule has 0 spiro atoms. The molecule has 1 heterocycles. The zero-order valence-electron chi connectivity index (χ0n) is 25.3. The number of sulfonamides is 1. The highest BCUT2D eigenvalue weighted by atomic mass is 32.2. The van der Waals surface area contributed by atoms with E-state index in [2.05, 4.69) is 15.4 Å². The number of nitrogens with one attached hydrogen (secondary N) is 4. The number of alkyl carbamates (subject to hydrolysis) is 1. The molecule has 0 aliphatic heterocycles. The lowest BCUT2D eigenvalue weighted by atomic mass is 10.0. The lowest BCUT2D eigenvalue weighted by molar-refractivity contribution is -0.116. The van der Waals surface area contributed by atoms with E-state index in [0.29, 0.717) is 21.8 Å². The van der Waals surface area contributed by atoms with Crippen molar-refractivity contribution >= 4 is 55.1 Å². The maximum atomic E-state index is 13.7. The highest BCUT2D eigenvalue weighted by molar-refractivity contribution is 7.89. The van der Waals surface area contributed by atoms with Gasteiger partial charge in [0.05, 0.1) is 28.3 Å². The lowest BCUT2D eigenvalue weighted by Crippen LogP contribution is -2.34. The van der Waals surface area contributed by atoms with Crippen LogP contribution in [0.3, 0.4) is 0 Å². The number of nitrogens with zero attached hydrogens (tertiary/aromatic N) is 1. The zero-order chi connectivity index (χ0) is 32.8. The first-order chi connectivity index (χ1) is 21.2. The van der Waals surface area contributed by atoms with Crippen molar-refractivity contribution in [2.45, 2.75) is 50.2 Å². The molecule has 4 aromatic rings. The number of fused-ring (bicyclic) bond motifs is 1. The van der Waals surface area contributed by atoms with Crippen molar-refractivity contribution in [1.82, 2.24) is 15.0 Å². The first kappa shape index (κ1) is 33.4. The number of methoxy groups -OCH3 is 1. The van der Waals surface area contributed by atoms with E-state index < -0.39 is 33.7 Å².